The highest BCUT2D eigenvalue weighted by atomic mass is 16.5. The highest BCUT2D eigenvalue weighted by Crippen LogP contribution is 2.34. The van der Waals surface area contributed by atoms with Crippen LogP contribution >= 0.6 is 0 Å². The number of carbonyl (C=O) groups is 2. The van der Waals surface area contributed by atoms with Crippen LogP contribution in [0.2, 0.25) is 0 Å². The van der Waals surface area contributed by atoms with Gasteiger partial charge in [-0.2, -0.15) is 0 Å². The quantitative estimate of drug-likeness (QED) is 0.148. The van der Waals surface area contributed by atoms with Gasteiger partial charge in [-0.15, -0.1) is 0 Å². The SMILES string of the molecule is COc1ccc(C(=O)C=Cc2ccc(O)cc2)c(OC(C)=O)c1C/C=C(\C)CCC=C(C)C. The number of hydrogen-bond donors (Lipinski definition) is 1. The minimum absolute atomic E-state index is 0.152. The lowest BCUT2D eigenvalue weighted by Crippen LogP contribution is -2.10. The number of aromatic hydroxyl groups is 1. The molecule has 0 heterocycles. The predicted octanol–water partition coefficient (Wildman–Crippen LogP) is 6.46. The minimum atomic E-state index is -0.509. The Morgan fingerprint density at radius 1 is 0.970 bits per heavy atom. The van der Waals surface area contributed by atoms with Crippen LogP contribution in [-0.2, 0) is 11.2 Å². The molecule has 1 N–H and O–H groups in total. The van der Waals surface area contributed by atoms with Crippen LogP contribution in [0.4, 0.5) is 0 Å². The molecule has 5 nitrogen and oxygen atoms in total. The number of ketones is 1. The fraction of sp³-hybridized carbons (Fsp3) is 0.286. The van der Waals surface area contributed by atoms with Crippen LogP contribution in [0.3, 0.4) is 0 Å². The maximum absolute atomic E-state index is 13.0. The first-order chi connectivity index (χ1) is 15.7. The molecule has 0 spiro atoms. The zero-order chi connectivity index (χ0) is 24.4. The lowest BCUT2D eigenvalue weighted by atomic mass is 9.99. The number of benzene rings is 2. The maximum Gasteiger partial charge on any atom is 0.308 e. The van der Waals surface area contributed by atoms with E-state index in [2.05, 4.69) is 32.9 Å². The molecular weight excluding hydrogens is 416 g/mol. The van der Waals surface area contributed by atoms with Gasteiger partial charge < -0.3 is 14.6 Å². The van der Waals surface area contributed by atoms with E-state index in [-0.39, 0.29) is 22.8 Å². The third-order valence-corrected chi connectivity index (χ3v) is 5.01. The third kappa shape index (κ3) is 8.11. The van der Waals surface area contributed by atoms with Crippen molar-refractivity contribution in [3.8, 4) is 17.2 Å². The van der Waals surface area contributed by atoms with Gasteiger partial charge in [0.25, 0.3) is 0 Å². The lowest BCUT2D eigenvalue weighted by Gasteiger charge is -2.15. The van der Waals surface area contributed by atoms with Gasteiger partial charge in [0.05, 0.1) is 12.7 Å². The number of allylic oxidation sites excluding steroid dienone is 5. The van der Waals surface area contributed by atoms with E-state index >= 15 is 0 Å². The molecule has 0 amide bonds. The summed E-state index contributed by atoms with van der Waals surface area (Å²) in [5, 5.41) is 9.41. The number of phenolic OH excluding ortho intramolecular Hbond substituents is 1. The molecule has 0 saturated heterocycles. The van der Waals surface area contributed by atoms with Crippen LogP contribution in [0.15, 0.2) is 65.8 Å². The largest absolute Gasteiger partial charge is 0.508 e. The van der Waals surface area contributed by atoms with Gasteiger partial charge >= 0.3 is 5.97 Å². The topological polar surface area (TPSA) is 72.8 Å². The normalized spacial score (nSPS) is 11.4. The van der Waals surface area contributed by atoms with E-state index in [9.17, 15) is 14.7 Å². The predicted molar refractivity (Wildman–Crippen MR) is 132 cm³/mol. The van der Waals surface area contributed by atoms with E-state index in [1.165, 1.54) is 24.1 Å². The average Bonchev–Trinajstić information content (AvgIpc) is 2.76. The molecule has 0 aliphatic heterocycles. The Hall–Kier alpha value is -3.60. The van der Waals surface area contributed by atoms with Crippen molar-refractivity contribution in [1.82, 2.24) is 0 Å². The van der Waals surface area contributed by atoms with Crippen molar-refractivity contribution >= 4 is 17.8 Å². The molecule has 33 heavy (non-hydrogen) atoms. The Labute approximate surface area is 196 Å². The van der Waals surface area contributed by atoms with Gasteiger partial charge in [0.2, 0.25) is 0 Å². The summed E-state index contributed by atoms with van der Waals surface area (Å²) < 4.78 is 11.0. The number of phenols is 1. The monoisotopic (exact) mass is 448 g/mol. The third-order valence-electron chi connectivity index (χ3n) is 5.01. The van der Waals surface area contributed by atoms with Crippen LogP contribution in [0, 0.1) is 0 Å². The van der Waals surface area contributed by atoms with Crippen molar-refractivity contribution in [2.24, 2.45) is 0 Å². The van der Waals surface area contributed by atoms with E-state index < -0.39 is 5.97 Å². The van der Waals surface area contributed by atoms with Crippen molar-refractivity contribution in [3.05, 3.63) is 82.5 Å². The van der Waals surface area contributed by atoms with Crippen molar-refractivity contribution in [1.29, 1.82) is 0 Å². The first kappa shape index (κ1) is 25.7. The number of ether oxygens (including phenoxy) is 2. The number of carbonyl (C=O) groups excluding carboxylic acids is 2. The highest BCUT2D eigenvalue weighted by molar-refractivity contribution is 6.09. The second-order valence-electron chi connectivity index (χ2n) is 8.08. The molecule has 0 aromatic heterocycles. The molecule has 0 aliphatic carbocycles. The molecule has 0 atom stereocenters. The van der Waals surface area contributed by atoms with Crippen LogP contribution in [0.5, 0.6) is 17.2 Å². The molecule has 2 aromatic rings. The second kappa shape index (κ2) is 12.4. The van der Waals surface area contributed by atoms with E-state index in [4.69, 9.17) is 9.47 Å². The van der Waals surface area contributed by atoms with Crippen LogP contribution in [-0.4, -0.2) is 24.0 Å². The molecule has 0 fully saturated rings. The van der Waals surface area contributed by atoms with Gasteiger partial charge in [-0.25, -0.2) is 0 Å². The molecule has 5 heteroatoms. The molecule has 174 valence electrons. The fourth-order valence-electron chi connectivity index (χ4n) is 3.26. The smallest absolute Gasteiger partial charge is 0.308 e. The van der Waals surface area contributed by atoms with Gasteiger partial charge in [0.15, 0.2) is 5.78 Å². The Morgan fingerprint density at radius 2 is 1.67 bits per heavy atom. The van der Waals surface area contributed by atoms with Crippen molar-refractivity contribution < 1.29 is 24.2 Å². The molecule has 0 aliphatic rings. The summed E-state index contributed by atoms with van der Waals surface area (Å²) in [7, 11) is 1.55. The molecule has 2 rings (SSSR count). The second-order valence-corrected chi connectivity index (χ2v) is 8.08. The summed E-state index contributed by atoms with van der Waals surface area (Å²) in [5.41, 5.74) is 4.18. The minimum Gasteiger partial charge on any atom is -0.508 e. The molecule has 0 saturated carbocycles. The number of methoxy groups -OCH3 is 1. The Morgan fingerprint density at radius 3 is 2.27 bits per heavy atom. The number of esters is 1. The van der Waals surface area contributed by atoms with Crippen molar-refractivity contribution in [2.75, 3.05) is 7.11 Å². The fourth-order valence-corrected chi connectivity index (χ4v) is 3.26. The Kier molecular flexibility index (Phi) is 9.67. The van der Waals surface area contributed by atoms with Crippen LogP contribution < -0.4 is 9.47 Å². The van der Waals surface area contributed by atoms with Gasteiger partial charge in [-0.1, -0.05) is 41.5 Å². The summed E-state index contributed by atoms with van der Waals surface area (Å²) in [6, 6.07) is 9.83. The van der Waals surface area contributed by atoms with Gasteiger partial charge in [-0.05, 0) is 75.9 Å². The first-order valence-electron chi connectivity index (χ1n) is 10.9. The number of rotatable bonds is 10. The van der Waals surface area contributed by atoms with Crippen LogP contribution in [0.1, 0.15) is 62.0 Å². The molecule has 0 bridgehead atoms. The average molecular weight is 449 g/mol. The lowest BCUT2D eigenvalue weighted by molar-refractivity contribution is -0.131. The zero-order valence-corrected chi connectivity index (χ0v) is 20.0. The summed E-state index contributed by atoms with van der Waals surface area (Å²) in [6.07, 6.45) is 9.69. The van der Waals surface area contributed by atoms with Crippen molar-refractivity contribution in [3.63, 3.8) is 0 Å². The summed E-state index contributed by atoms with van der Waals surface area (Å²) in [5.74, 6) is 0.117. The maximum atomic E-state index is 13.0. The van der Waals surface area contributed by atoms with E-state index in [1.54, 1.807) is 49.6 Å². The highest BCUT2D eigenvalue weighted by Gasteiger charge is 2.20. The Balaban J connectivity index is 2.38. The summed E-state index contributed by atoms with van der Waals surface area (Å²) in [6.45, 7) is 7.53. The molecular formula is C28H32O5. The van der Waals surface area contributed by atoms with Crippen molar-refractivity contribution in [2.45, 2.75) is 47.0 Å². The summed E-state index contributed by atoms with van der Waals surface area (Å²) >= 11 is 0. The molecule has 2 aromatic carbocycles. The molecule has 0 unspecified atom stereocenters. The standard InChI is InChI=1S/C28H32O5/c1-19(2)7-6-8-20(3)9-15-25-27(32-5)18-16-24(28(25)33-21(4)29)26(31)17-12-22-10-13-23(30)14-11-22/h7,9-14,16-18,30H,6,8,15H2,1-5H3/b17-12?,20-9+. The molecule has 0 radical (unpaired) electrons. The van der Waals surface area contributed by atoms with E-state index in [0.717, 1.165) is 18.4 Å². The van der Waals surface area contributed by atoms with Gasteiger partial charge in [0, 0.05) is 12.5 Å². The Bertz CT molecular complexity index is 1070. The van der Waals surface area contributed by atoms with E-state index in [0.29, 0.717) is 17.7 Å². The van der Waals surface area contributed by atoms with Gasteiger partial charge in [0.1, 0.15) is 17.2 Å². The number of hydrogen-bond acceptors (Lipinski definition) is 5. The summed E-state index contributed by atoms with van der Waals surface area (Å²) in [4.78, 5) is 24.8. The van der Waals surface area contributed by atoms with Gasteiger partial charge in [-0.3, -0.25) is 9.59 Å². The van der Waals surface area contributed by atoms with E-state index in [1.807, 2.05) is 0 Å². The zero-order valence-electron chi connectivity index (χ0n) is 20.0. The first-order valence-corrected chi connectivity index (χ1v) is 10.9. The van der Waals surface area contributed by atoms with Crippen LogP contribution in [0.25, 0.3) is 6.08 Å².